The molecule has 0 unspecified atom stereocenters. The van der Waals surface area contributed by atoms with Gasteiger partial charge in [-0.2, -0.15) is 5.10 Å². The Labute approximate surface area is 166 Å². The van der Waals surface area contributed by atoms with E-state index in [0.717, 1.165) is 0 Å². The van der Waals surface area contributed by atoms with Crippen molar-refractivity contribution in [2.75, 3.05) is 13.7 Å². The minimum atomic E-state index is -0.485. The molecule has 0 spiro atoms. The second kappa shape index (κ2) is 8.91. The Morgan fingerprint density at radius 2 is 1.85 bits per heavy atom. The van der Waals surface area contributed by atoms with E-state index in [2.05, 4.69) is 42.4 Å². The van der Waals surface area contributed by atoms with Gasteiger partial charge >= 0.3 is 0 Å². The Morgan fingerprint density at radius 3 is 2.50 bits per heavy atom. The molecule has 3 N–H and O–H groups in total. The number of nitrogens with one attached hydrogen (secondary N) is 1. The van der Waals surface area contributed by atoms with Crippen molar-refractivity contribution < 1.29 is 24.5 Å². The van der Waals surface area contributed by atoms with Crippen LogP contribution in [0.5, 0.6) is 23.0 Å². The number of nitrogens with zero attached hydrogens (tertiary/aromatic N) is 1. The van der Waals surface area contributed by atoms with Crippen molar-refractivity contribution in [3.8, 4) is 23.0 Å². The maximum atomic E-state index is 11.9. The molecule has 2 rings (SSSR count). The molecule has 0 aliphatic carbocycles. The Morgan fingerprint density at radius 1 is 1.19 bits per heavy atom. The summed E-state index contributed by atoms with van der Waals surface area (Å²) in [5, 5.41) is 23.7. The molecule has 7 nitrogen and oxygen atoms in total. The SMILES string of the molecule is COc1ccccc1OCC(=O)NN=Cc1c(C)c(Br)c(O)c(Br)c1O. The van der Waals surface area contributed by atoms with Crippen LogP contribution in [0.4, 0.5) is 0 Å². The lowest BCUT2D eigenvalue weighted by Crippen LogP contribution is -2.24. The first-order valence-electron chi connectivity index (χ1n) is 7.34. The highest BCUT2D eigenvalue weighted by Crippen LogP contribution is 2.43. The van der Waals surface area contributed by atoms with Gasteiger partial charge in [0, 0.05) is 5.56 Å². The van der Waals surface area contributed by atoms with E-state index in [1.54, 1.807) is 31.2 Å². The number of hydrogen-bond donors (Lipinski definition) is 3. The predicted octanol–water partition coefficient (Wildman–Crippen LogP) is 3.47. The Kier molecular flexibility index (Phi) is 6.87. The van der Waals surface area contributed by atoms with Crippen LogP contribution in [0, 0.1) is 6.92 Å². The summed E-state index contributed by atoms with van der Waals surface area (Å²) >= 11 is 6.32. The molecule has 0 aliphatic heterocycles. The monoisotopic (exact) mass is 486 g/mol. The van der Waals surface area contributed by atoms with Crippen LogP contribution in [0.15, 0.2) is 38.3 Å². The summed E-state index contributed by atoms with van der Waals surface area (Å²) in [5.74, 6) is 0.163. The van der Waals surface area contributed by atoms with Gasteiger partial charge in [-0.15, -0.1) is 0 Å². The van der Waals surface area contributed by atoms with Crippen LogP contribution >= 0.6 is 31.9 Å². The summed E-state index contributed by atoms with van der Waals surface area (Å²) in [6.07, 6.45) is 1.28. The van der Waals surface area contributed by atoms with Gasteiger partial charge < -0.3 is 19.7 Å². The number of phenolic OH excluding ortho intramolecular Hbond substituents is 2. The summed E-state index contributed by atoms with van der Waals surface area (Å²) in [4.78, 5) is 11.9. The molecule has 1 amide bonds. The summed E-state index contributed by atoms with van der Waals surface area (Å²) < 4.78 is 11.1. The van der Waals surface area contributed by atoms with Gasteiger partial charge in [0.25, 0.3) is 5.91 Å². The number of carbonyl (C=O) groups excluding carboxylic acids is 1. The second-order valence-corrected chi connectivity index (χ2v) is 6.68. The van der Waals surface area contributed by atoms with Crippen LogP contribution in [-0.4, -0.2) is 36.1 Å². The number of phenols is 2. The molecule has 0 fully saturated rings. The number of hydrazone groups is 1. The van der Waals surface area contributed by atoms with E-state index in [1.807, 2.05) is 0 Å². The zero-order valence-electron chi connectivity index (χ0n) is 13.9. The smallest absolute Gasteiger partial charge is 0.277 e. The zero-order valence-corrected chi connectivity index (χ0v) is 17.1. The molecular weight excluding hydrogens is 472 g/mol. The maximum Gasteiger partial charge on any atom is 0.277 e. The van der Waals surface area contributed by atoms with Crippen molar-refractivity contribution in [2.45, 2.75) is 6.92 Å². The standard InChI is InChI=1S/C17H16Br2N2O5/c1-9-10(16(23)15(19)17(24)14(9)18)7-20-21-13(22)8-26-12-6-4-3-5-11(12)25-2/h3-7,23-24H,8H2,1-2H3,(H,21,22). The van der Waals surface area contributed by atoms with E-state index < -0.39 is 5.91 Å². The van der Waals surface area contributed by atoms with E-state index in [0.29, 0.717) is 27.1 Å². The molecule has 0 radical (unpaired) electrons. The highest BCUT2D eigenvalue weighted by Gasteiger charge is 2.17. The summed E-state index contributed by atoms with van der Waals surface area (Å²) in [6.45, 7) is 1.43. The average molecular weight is 488 g/mol. The fraction of sp³-hybridized carbons (Fsp3) is 0.176. The molecular formula is C17H16Br2N2O5. The highest BCUT2D eigenvalue weighted by atomic mass is 79.9. The molecule has 0 heterocycles. The van der Waals surface area contributed by atoms with Crippen LogP contribution in [0.2, 0.25) is 0 Å². The number of methoxy groups -OCH3 is 1. The van der Waals surface area contributed by atoms with Crippen molar-refractivity contribution in [1.82, 2.24) is 5.43 Å². The normalized spacial score (nSPS) is 10.8. The molecule has 26 heavy (non-hydrogen) atoms. The third-order valence-electron chi connectivity index (χ3n) is 3.42. The first-order valence-corrected chi connectivity index (χ1v) is 8.92. The molecule has 0 atom stereocenters. The van der Waals surface area contributed by atoms with Crippen molar-refractivity contribution in [3.05, 3.63) is 44.3 Å². The number of aromatic hydroxyl groups is 2. The molecule has 0 saturated carbocycles. The van der Waals surface area contributed by atoms with Crippen molar-refractivity contribution >= 4 is 44.0 Å². The first-order chi connectivity index (χ1) is 12.4. The predicted molar refractivity (Wildman–Crippen MR) is 104 cm³/mol. The van der Waals surface area contributed by atoms with Crippen LogP contribution in [0.3, 0.4) is 0 Å². The molecule has 2 aromatic rings. The lowest BCUT2D eigenvalue weighted by molar-refractivity contribution is -0.123. The summed E-state index contributed by atoms with van der Waals surface area (Å²) in [7, 11) is 1.51. The molecule has 2 aromatic carbocycles. The number of halogens is 2. The van der Waals surface area contributed by atoms with Crippen LogP contribution in [0.25, 0.3) is 0 Å². The van der Waals surface area contributed by atoms with Crippen LogP contribution in [0.1, 0.15) is 11.1 Å². The molecule has 9 heteroatoms. The molecule has 0 aliphatic rings. The minimum Gasteiger partial charge on any atom is -0.506 e. The average Bonchev–Trinajstić information content (AvgIpc) is 2.66. The van der Waals surface area contributed by atoms with Crippen molar-refractivity contribution in [2.24, 2.45) is 5.10 Å². The van der Waals surface area contributed by atoms with Crippen LogP contribution in [-0.2, 0) is 4.79 Å². The fourth-order valence-corrected chi connectivity index (χ4v) is 3.13. The van der Waals surface area contributed by atoms with Gasteiger partial charge in [-0.1, -0.05) is 12.1 Å². The largest absolute Gasteiger partial charge is 0.506 e. The van der Waals surface area contributed by atoms with Gasteiger partial charge in [0.1, 0.15) is 16.0 Å². The quantitative estimate of drug-likeness (QED) is 0.428. The number of rotatable bonds is 6. The lowest BCUT2D eigenvalue weighted by Gasteiger charge is -2.11. The number of para-hydroxylation sites is 2. The number of amides is 1. The molecule has 0 saturated heterocycles. The minimum absolute atomic E-state index is 0.119. The first kappa shape index (κ1) is 20.1. The van der Waals surface area contributed by atoms with Gasteiger partial charge in [-0.3, -0.25) is 4.79 Å². The van der Waals surface area contributed by atoms with E-state index >= 15 is 0 Å². The lowest BCUT2D eigenvalue weighted by atomic mass is 10.1. The third-order valence-corrected chi connectivity index (χ3v) is 5.14. The van der Waals surface area contributed by atoms with E-state index in [1.165, 1.54) is 13.3 Å². The van der Waals surface area contributed by atoms with Gasteiger partial charge in [0.15, 0.2) is 18.1 Å². The Balaban J connectivity index is 2.02. The Bertz CT molecular complexity index is 826. The number of hydrogen-bond acceptors (Lipinski definition) is 6. The Hall–Kier alpha value is -2.26. The van der Waals surface area contributed by atoms with Gasteiger partial charge in [-0.25, -0.2) is 5.43 Å². The van der Waals surface area contributed by atoms with Crippen molar-refractivity contribution in [1.29, 1.82) is 0 Å². The molecule has 138 valence electrons. The number of ether oxygens (including phenoxy) is 2. The molecule has 0 bridgehead atoms. The van der Waals surface area contributed by atoms with Gasteiger partial charge in [-0.05, 0) is 56.5 Å². The van der Waals surface area contributed by atoms with Crippen LogP contribution < -0.4 is 14.9 Å². The second-order valence-electron chi connectivity index (χ2n) is 5.10. The zero-order chi connectivity index (χ0) is 19.3. The number of benzene rings is 2. The summed E-state index contributed by atoms with van der Waals surface area (Å²) in [6, 6.07) is 6.96. The highest BCUT2D eigenvalue weighted by molar-refractivity contribution is 9.11. The third kappa shape index (κ3) is 4.47. The van der Waals surface area contributed by atoms with E-state index in [9.17, 15) is 15.0 Å². The number of carbonyl (C=O) groups is 1. The van der Waals surface area contributed by atoms with Crippen molar-refractivity contribution in [3.63, 3.8) is 0 Å². The fourth-order valence-electron chi connectivity index (χ4n) is 2.04. The van der Waals surface area contributed by atoms with E-state index in [4.69, 9.17) is 9.47 Å². The van der Waals surface area contributed by atoms with Gasteiger partial charge in [0.05, 0.1) is 17.8 Å². The topological polar surface area (TPSA) is 100 Å². The maximum absolute atomic E-state index is 11.9. The summed E-state index contributed by atoms with van der Waals surface area (Å²) in [5.41, 5.74) is 3.21. The van der Waals surface area contributed by atoms with Gasteiger partial charge in [0.2, 0.25) is 0 Å². The van der Waals surface area contributed by atoms with E-state index in [-0.39, 0.29) is 22.6 Å². The molecule has 0 aromatic heterocycles.